The van der Waals surface area contributed by atoms with Gasteiger partial charge in [-0.1, -0.05) is 6.07 Å². The van der Waals surface area contributed by atoms with Gasteiger partial charge in [0.25, 0.3) is 5.91 Å². The van der Waals surface area contributed by atoms with Gasteiger partial charge in [0.05, 0.1) is 5.56 Å². The molecule has 0 atom stereocenters. The molecule has 0 unspecified atom stereocenters. The number of anilines is 1. The van der Waals surface area contributed by atoms with E-state index in [1.807, 2.05) is 6.07 Å². The van der Waals surface area contributed by atoms with Gasteiger partial charge in [-0.2, -0.15) is 5.26 Å². The van der Waals surface area contributed by atoms with Crippen LogP contribution in [0.5, 0.6) is 5.75 Å². The van der Waals surface area contributed by atoms with Crippen molar-refractivity contribution in [1.29, 1.82) is 5.26 Å². The average molecular weight is 239 g/mol. The lowest BCUT2D eigenvalue weighted by molar-refractivity contribution is 0.102. The first-order valence-electron chi connectivity index (χ1n) is 5.15. The monoisotopic (exact) mass is 239 g/mol. The summed E-state index contributed by atoms with van der Waals surface area (Å²) in [6, 6.07) is 11.0. The van der Waals surface area contributed by atoms with E-state index in [4.69, 9.17) is 5.26 Å². The lowest BCUT2D eigenvalue weighted by atomic mass is 10.2. The van der Waals surface area contributed by atoms with Gasteiger partial charge in [-0.25, -0.2) is 4.98 Å². The van der Waals surface area contributed by atoms with Crippen molar-refractivity contribution in [2.24, 2.45) is 0 Å². The normalized spacial score (nSPS) is 9.50. The van der Waals surface area contributed by atoms with Gasteiger partial charge in [0.2, 0.25) is 0 Å². The van der Waals surface area contributed by atoms with Gasteiger partial charge in [0, 0.05) is 11.8 Å². The second-order valence-corrected chi connectivity index (χ2v) is 3.55. The lowest BCUT2D eigenvalue weighted by Crippen LogP contribution is -2.12. The molecule has 1 amide bonds. The Morgan fingerprint density at radius 1 is 1.33 bits per heavy atom. The fourth-order valence-corrected chi connectivity index (χ4v) is 1.37. The summed E-state index contributed by atoms with van der Waals surface area (Å²) in [6.07, 6.45) is 1.37. The zero-order chi connectivity index (χ0) is 13.0. The van der Waals surface area contributed by atoms with Crippen LogP contribution in [0.4, 0.5) is 5.82 Å². The quantitative estimate of drug-likeness (QED) is 0.838. The van der Waals surface area contributed by atoms with E-state index in [1.165, 1.54) is 18.3 Å². The number of amides is 1. The smallest absolute Gasteiger partial charge is 0.256 e. The van der Waals surface area contributed by atoms with Crippen molar-refractivity contribution in [2.75, 3.05) is 5.32 Å². The summed E-state index contributed by atoms with van der Waals surface area (Å²) in [5, 5.41) is 20.4. The molecule has 0 saturated heterocycles. The molecule has 0 aliphatic rings. The Kier molecular flexibility index (Phi) is 3.21. The maximum absolute atomic E-state index is 11.8. The Morgan fingerprint density at radius 2 is 2.17 bits per heavy atom. The second kappa shape index (κ2) is 4.97. The summed E-state index contributed by atoms with van der Waals surface area (Å²) in [6.45, 7) is 0. The molecule has 2 N–H and O–H groups in total. The molecule has 18 heavy (non-hydrogen) atoms. The predicted molar refractivity (Wildman–Crippen MR) is 65.0 cm³/mol. The van der Waals surface area contributed by atoms with E-state index in [0.717, 1.165) is 0 Å². The molecule has 0 aliphatic heterocycles. The number of aromatic hydroxyl groups is 1. The molecule has 88 valence electrons. The van der Waals surface area contributed by atoms with Crippen LogP contribution in [0.1, 0.15) is 15.9 Å². The van der Waals surface area contributed by atoms with Crippen LogP contribution in [0.15, 0.2) is 42.6 Å². The fourth-order valence-electron chi connectivity index (χ4n) is 1.37. The zero-order valence-electron chi connectivity index (χ0n) is 9.29. The Balaban J connectivity index is 2.14. The van der Waals surface area contributed by atoms with E-state index >= 15 is 0 Å². The number of nitrogens with one attached hydrogen (secondary N) is 1. The molecule has 0 bridgehead atoms. The van der Waals surface area contributed by atoms with E-state index in [2.05, 4.69) is 10.3 Å². The van der Waals surface area contributed by atoms with Gasteiger partial charge in [-0.05, 0) is 30.3 Å². The van der Waals surface area contributed by atoms with E-state index in [1.54, 1.807) is 24.3 Å². The number of pyridine rings is 1. The summed E-state index contributed by atoms with van der Waals surface area (Å²) in [5.74, 6) is 0.000822. The number of nitrogens with zero attached hydrogens (tertiary/aromatic N) is 2. The van der Waals surface area contributed by atoms with Crippen LogP contribution in [0.25, 0.3) is 0 Å². The van der Waals surface area contributed by atoms with Crippen molar-refractivity contribution >= 4 is 11.7 Å². The van der Waals surface area contributed by atoms with E-state index in [-0.39, 0.29) is 11.7 Å². The Bertz CT molecular complexity index is 615. The first-order valence-corrected chi connectivity index (χ1v) is 5.15. The van der Waals surface area contributed by atoms with Crippen molar-refractivity contribution in [3.05, 3.63) is 53.7 Å². The van der Waals surface area contributed by atoms with Gasteiger partial charge in [-0.15, -0.1) is 0 Å². The van der Waals surface area contributed by atoms with Crippen LogP contribution in [0, 0.1) is 11.3 Å². The first-order chi connectivity index (χ1) is 8.69. The highest BCUT2D eigenvalue weighted by atomic mass is 16.3. The van der Waals surface area contributed by atoms with E-state index in [9.17, 15) is 9.90 Å². The Morgan fingerprint density at radius 3 is 2.78 bits per heavy atom. The molecule has 5 heteroatoms. The molecule has 5 nitrogen and oxygen atoms in total. The maximum Gasteiger partial charge on any atom is 0.256 e. The van der Waals surface area contributed by atoms with Crippen LogP contribution >= 0.6 is 0 Å². The molecule has 1 aromatic heterocycles. The van der Waals surface area contributed by atoms with Crippen LogP contribution in [-0.4, -0.2) is 16.0 Å². The van der Waals surface area contributed by atoms with Crippen molar-refractivity contribution in [3.8, 4) is 11.8 Å². The van der Waals surface area contributed by atoms with Crippen LogP contribution in [0.2, 0.25) is 0 Å². The number of carbonyl (C=O) groups excluding carboxylic acids is 1. The summed E-state index contributed by atoms with van der Waals surface area (Å²) in [4.78, 5) is 15.7. The molecule has 0 radical (unpaired) electrons. The maximum atomic E-state index is 11.8. The third kappa shape index (κ3) is 2.62. The Labute approximate surface area is 103 Å². The molecule has 0 saturated carbocycles. The summed E-state index contributed by atoms with van der Waals surface area (Å²) < 4.78 is 0. The summed E-state index contributed by atoms with van der Waals surface area (Å²) in [7, 11) is 0. The van der Waals surface area contributed by atoms with Gasteiger partial charge >= 0.3 is 0 Å². The van der Waals surface area contributed by atoms with Crippen molar-refractivity contribution < 1.29 is 9.90 Å². The number of hydrogen-bond acceptors (Lipinski definition) is 4. The molecular weight excluding hydrogens is 230 g/mol. The van der Waals surface area contributed by atoms with Crippen LogP contribution in [0.3, 0.4) is 0 Å². The zero-order valence-corrected chi connectivity index (χ0v) is 9.29. The Hall–Kier alpha value is -2.87. The van der Waals surface area contributed by atoms with Crippen molar-refractivity contribution in [3.63, 3.8) is 0 Å². The molecule has 1 heterocycles. The summed E-state index contributed by atoms with van der Waals surface area (Å²) in [5.41, 5.74) is 0.756. The molecule has 2 rings (SSSR count). The van der Waals surface area contributed by atoms with Gasteiger partial charge in [-0.3, -0.25) is 4.79 Å². The number of benzene rings is 1. The molecule has 0 aliphatic carbocycles. The topological polar surface area (TPSA) is 86.0 Å². The third-order valence-corrected chi connectivity index (χ3v) is 2.24. The largest absolute Gasteiger partial charge is 0.508 e. The minimum Gasteiger partial charge on any atom is -0.508 e. The van der Waals surface area contributed by atoms with Crippen molar-refractivity contribution in [1.82, 2.24) is 4.98 Å². The molecule has 0 spiro atoms. The highest BCUT2D eigenvalue weighted by molar-refractivity contribution is 6.03. The standard InChI is InChI=1S/C13H9N3O2/c14-7-9-4-5-12(15-8-9)16-13(18)10-2-1-3-11(17)6-10/h1-6,8,17H,(H,15,16,18). The van der Waals surface area contributed by atoms with Gasteiger partial charge < -0.3 is 10.4 Å². The number of hydrogen-bond donors (Lipinski definition) is 2. The predicted octanol–water partition coefficient (Wildman–Crippen LogP) is 1.91. The number of carbonyl (C=O) groups is 1. The van der Waals surface area contributed by atoms with Crippen LogP contribution < -0.4 is 5.32 Å². The average Bonchev–Trinajstić information content (AvgIpc) is 2.39. The van der Waals surface area contributed by atoms with Crippen LogP contribution in [-0.2, 0) is 0 Å². The van der Waals surface area contributed by atoms with E-state index in [0.29, 0.717) is 16.9 Å². The number of phenolic OH excluding ortho intramolecular Hbond substituents is 1. The number of phenols is 1. The highest BCUT2D eigenvalue weighted by Crippen LogP contribution is 2.12. The minimum absolute atomic E-state index is 0.0236. The van der Waals surface area contributed by atoms with Gasteiger partial charge in [0.15, 0.2) is 0 Å². The lowest BCUT2D eigenvalue weighted by Gasteiger charge is -2.04. The molecule has 2 aromatic rings. The summed E-state index contributed by atoms with van der Waals surface area (Å²) >= 11 is 0. The fraction of sp³-hybridized carbons (Fsp3) is 0. The molecule has 1 aromatic carbocycles. The molecule has 0 fully saturated rings. The second-order valence-electron chi connectivity index (χ2n) is 3.55. The SMILES string of the molecule is N#Cc1ccc(NC(=O)c2cccc(O)c2)nc1. The third-order valence-electron chi connectivity index (χ3n) is 2.24. The van der Waals surface area contributed by atoms with E-state index < -0.39 is 0 Å². The highest BCUT2D eigenvalue weighted by Gasteiger charge is 2.07. The van der Waals surface area contributed by atoms with Crippen molar-refractivity contribution in [2.45, 2.75) is 0 Å². The van der Waals surface area contributed by atoms with Gasteiger partial charge in [0.1, 0.15) is 17.6 Å². The number of aromatic nitrogens is 1. The number of nitriles is 1. The minimum atomic E-state index is -0.372. The number of rotatable bonds is 2. The first kappa shape index (κ1) is 11.6. The molecular formula is C13H9N3O2.